The zero-order valence-electron chi connectivity index (χ0n) is 16.0. The van der Waals surface area contributed by atoms with Crippen molar-refractivity contribution in [2.75, 3.05) is 0 Å². The van der Waals surface area contributed by atoms with Crippen LogP contribution in [0.1, 0.15) is 23.6 Å². The van der Waals surface area contributed by atoms with Crippen molar-refractivity contribution < 1.29 is 0 Å². The number of hydrogen-bond acceptors (Lipinski definition) is 5. The molecule has 0 unspecified atom stereocenters. The summed E-state index contributed by atoms with van der Waals surface area (Å²) in [4.78, 5) is 11.1. The number of aryl methyl sites for hydroxylation is 1. The second kappa shape index (κ2) is 8.04. The van der Waals surface area contributed by atoms with Crippen molar-refractivity contribution in [1.29, 1.82) is 0 Å². The minimum absolute atomic E-state index is 0.852. The summed E-state index contributed by atoms with van der Waals surface area (Å²) in [6.07, 6.45) is 3.57. The Morgan fingerprint density at radius 3 is 2.57 bits per heavy atom. The van der Waals surface area contributed by atoms with Crippen LogP contribution in [0, 0.1) is 13.8 Å². The van der Waals surface area contributed by atoms with E-state index in [2.05, 4.69) is 53.9 Å². The van der Waals surface area contributed by atoms with Gasteiger partial charge in [-0.25, -0.2) is 9.67 Å². The van der Waals surface area contributed by atoms with Crippen LogP contribution in [0.4, 0.5) is 5.69 Å². The molecule has 3 heterocycles. The lowest BCUT2D eigenvalue weighted by molar-refractivity contribution is 0.849. The highest BCUT2D eigenvalue weighted by Crippen LogP contribution is 2.26. The molecule has 0 N–H and O–H groups in total. The summed E-state index contributed by atoms with van der Waals surface area (Å²) in [5.74, 6) is 0. The van der Waals surface area contributed by atoms with Gasteiger partial charge in [0.15, 0.2) is 0 Å². The topological polar surface area (TPSA) is 42.5 Å². The molecule has 6 heteroatoms. The average Bonchev–Trinajstić information content (AvgIpc) is 3.36. The first-order chi connectivity index (χ1) is 13.6. The van der Waals surface area contributed by atoms with Gasteiger partial charge in [0.2, 0.25) is 4.80 Å². The molecular formula is C22H20N4S2. The molecule has 0 spiro atoms. The van der Waals surface area contributed by atoms with Gasteiger partial charge in [0.1, 0.15) is 0 Å². The number of pyridine rings is 1. The third-order valence-corrected chi connectivity index (χ3v) is 6.31. The van der Waals surface area contributed by atoms with E-state index >= 15 is 0 Å². The lowest BCUT2D eigenvalue weighted by atomic mass is 10.1. The van der Waals surface area contributed by atoms with Crippen LogP contribution in [-0.4, -0.2) is 15.4 Å². The van der Waals surface area contributed by atoms with Gasteiger partial charge in [-0.3, -0.25) is 4.98 Å². The van der Waals surface area contributed by atoms with Crippen LogP contribution < -0.4 is 4.80 Å². The van der Waals surface area contributed by atoms with Crippen LogP contribution >= 0.6 is 22.7 Å². The van der Waals surface area contributed by atoms with Crippen molar-refractivity contribution >= 4 is 34.1 Å². The quantitative estimate of drug-likeness (QED) is 0.397. The van der Waals surface area contributed by atoms with Gasteiger partial charge in [-0.1, -0.05) is 18.2 Å². The van der Waals surface area contributed by atoms with Gasteiger partial charge in [0.25, 0.3) is 0 Å². The number of thiazole rings is 1. The molecule has 0 fully saturated rings. The fourth-order valence-corrected chi connectivity index (χ4v) is 4.46. The molecule has 0 saturated carbocycles. The van der Waals surface area contributed by atoms with E-state index in [1.807, 2.05) is 29.8 Å². The van der Waals surface area contributed by atoms with E-state index < -0.39 is 0 Å². The van der Waals surface area contributed by atoms with Crippen molar-refractivity contribution in [2.24, 2.45) is 10.1 Å². The van der Waals surface area contributed by atoms with Crippen LogP contribution in [0.2, 0.25) is 0 Å². The lowest BCUT2D eigenvalue weighted by Gasteiger charge is -2.06. The first-order valence-electron chi connectivity index (χ1n) is 8.95. The Morgan fingerprint density at radius 2 is 1.82 bits per heavy atom. The molecular weight excluding hydrogens is 384 g/mol. The SMILES string of the molecule is CC(=Nn1c(-c2cccs2)csc1=Nc1cccc(C)c1C)c1ccncc1. The molecule has 4 aromatic rings. The Kier molecular flexibility index (Phi) is 5.32. The molecule has 0 radical (unpaired) electrons. The molecule has 0 saturated heterocycles. The van der Waals surface area contributed by atoms with Crippen LogP contribution in [0.25, 0.3) is 10.6 Å². The van der Waals surface area contributed by atoms with Gasteiger partial charge in [-0.15, -0.1) is 22.7 Å². The Balaban J connectivity index is 1.91. The van der Waals surface area contributed by atoms with Crippen molar-refractivity contribution in [2.45, 2.75) is 20.8 Å². The number of benzene rings is 1. The van der Waals surface area contributed by atoms with E-state index in [9.17, 15) is 0 Å². The molecule has 0 aliphatic carbocycles. The predicted octanol–water partition coefficient (Wildman–Crippen LogP) is 5.79. The predicted molar refractivity (Wildman–Crippen MR) is 119 cm³/mol. The number of nitrogens with zero attached hydrogens (tertiary/aromatic N) is 4. The van der Waals surface area contributed by atoms with E-state index in [-0.39, 0.29) is 0 Å². The van der Waals surface area contributed by atoms with Crippen LogP contribution in [-0.2, 0) is 0 Å². The van der Waals surface area contributed by atoms with Gasteiger partial charge >= 0.3 is 0 Å². The van der Waals surface area contributed by atoms with Crippen LogP contribution in [0.5, 0.6) is 0 Å². The molecule has 0 aliphatic rings. The van der Waals surface area contributed by atoms with Crippen molar-refractivity contribution in [1.82, 2.24) is 9.66 Å². The van der Waals surface area contributed by atoms with E-state index in [1.165, 1.54) is 16.0 Å². The minimum Gasteiger partial charge on any atom is -0.265 e. The van der Waals surface area contributed by atoms with Gasteiger partial charge in [0.05, 0.1) is 22.0 Å². The first-order valence-corrected chi connectivity index (χ1v) is 10.7. The van der Waals surface area contributed by atoms with E-state index in [1.54, 1.807) is 35.1 Å². The number of rotatable bonds is 4. The summed E-state index contributed by atoms with van der Waals surface area (Å²) in [6.45, 7) is 6.23. The van der Waals surface area contributed by atoms with Gasteiger partial charge in [0, 0.05) is 23.3 Å². The summed E-state index contributed by atoms with van der Waals surface area (Å²) in [5, 5.41) is 9.13. The molecule has 140 valence electrons. The van der Waals surface area contributed by atoms with E-state index in [4.69, 9.17) is 10.1 Å². The number of hydrogen-bond donors (Lipinski definition) is 0. The largest absolute Gasteiger partial charge is 0.265 e. The molecule has 0 aliphatic heterocycles. The zero-order valence-corrected chi connectivity index (χ0v) is 17.6. The minimum atomic E-state index is 0.852. The summed E-state index contributed by atoms with van der Waals surface area (Å²) in [6, 6.07) is 14.3. The summed E-state index contributed by atoms with van der Waals surface area (Å²) in [5.41, 5.74) is 6.42. The molecule has 0 bridgehead atoms. The lowest BCUT2D eigenvalue weighted by Crippen LogP contribution is -2.13. The second-order valence-electron chi connectivity index (χ2n) is 6.44. The van der Waals surface area contributed by atoms with Gasteiger partial charge in [-0.05, 0) is 61.5 Å². The molecule has 0 atom stereocenters. The van der Waals surface area contributed by atoms with Crippen LogP contribution in [0.15, 0.2) is 75.7 Å². The Hall–Kier alpha value is -2.83. The summed E-state index contributed by atoms with van der Waals surface area (Å²) < 4.78 is 1.95. The monoisotopic (exact) mass is 404 g/mol. The molecule has 1 aromatic carbocycles. The molecule has 3 aromatic heterocycles. The number of thiophene rings is 1. The van der Waals surface area contributed by atoms with Gasteiger partial charge in [-0.2, -0.15) is 5.10 Å². The van der Waals surface area contributed by atoms with E-state index in [0.717, 1.165) is 27.5 Å². The highest BCUT2D eigenvalue weighted by Gasteiger charge is 2.10. The maximum absolute atomic E-state index is 4.95. The zero-order chi connectivity index (χ0) is 19.5. The van der Waals surface area contributed by atoms with Crippen molar-refractivity contribution in [3.8, 4) is 10.6 Å². The summed E-state index contributed by atoms with van der Waals surface area (Å²) >= 11 is 3.31. The Morgan fingerprint density at radius 1 is 1.00 bits per heavy atom. The van der Waals surface area contributed by atoms with Crippen molar-refractivity contribution in [3.63, 3.8) is 0 Å². The normalized spacial score (nSPS) is 12.5. The fourth-order valence-electron chi connectivity index (χ4n) is 2.83. The third kappa shape index (κ3) is 3.74. The van der Waals surface area contributed by atoms with Crippen molar-refractivity contribution in [3.05, 3.63) is 87.1 Å². The van der Waals surface area contributed by atoms with E-state index in [0.29, 0.717) is 0 Å². The fraction of sp³-hybridized carbons (Fsp3) is 0.136. The summed E-state index contributed by atoms with van der Waals surface area (Å²) in [7, 11) is 0. The molecule has 28 heavy (non-hydrogen) atoms. The van der Waals surface area contributed by atoms with Crippen LogP contribution in [0.3, 0.4) is 0 Å². The standard InChI is InChI=1S/C22H20N4S2/c1-15-6-4-7-19(16(15)2)24-22-26(20(14-28-22)21-8-5-13-27-21)25-17(3)18-9-11-23-12-10-18/h4-14H,1-3H3. The molecule has 4 nitrogen and oxygen atoms in total. The maximum Gasteiger partial charge on any atom is 0.211 e. The average molecular weight is 405 g/mol. The highest BCUT2D eigenvalue weighted by molar-refractivity contribution is 7.14. The Labute approximate surface area is 172 Å². The first kappa shape index (κ1) is 18.5. The second-order valence-corrected chi connectivity index (χ2v) is 8.23. The smallest absolute Gasteiger partial charge is 0.211 e. The highest BCUT2D eigenvalue weighted by atomic mass is 32.1. The third-order valence-electron chi connectivity index (χ3n) is 4.60. The number of aromatic nitrogens is 2. The maximum atomic E-state index is 4.95. The molecule has 0 amide bonds. The van der Waals surface area contributed by atoms with Gasteiger partial charge < -0.3 is 0 Å². The molecule has 4 rings (SSSR count). The Bertz CT molecular complexity index is 1180.